The number of pyridine rings is 1. The smallest absolute Gasteiger partial charge is 0.350 e. The maximum Gasteiger partial charge on any atom is 0.431 e. The molecule has 1 rings (SSSR count). The van der Waals surface area contributed by atoms with E-state index in [4.69, 9.17) is 5.26 Å². The Morgan fingerprint density at radius 2 is 2.00 bits per heavy atom. The Kier molecular flexibility index (Phi) is 3.50. The number of alkyl halides is 5. The average molecular weight is 252 g/mol. The minimum absolute atomic E-state index is 0.165. The first-order chi connectivity index (χ1) is 7.77. The summed E-state index contributed by atoms with van der Waals surface area (Å²) in [5.41, 5.74) is -4.59. The standard InChI is InChI=1S/C9H5F5N2O/c10-8(11)7-4(1-2-15)5(17)3-6(16-7)9(12,13)14/h3,8H,1H2,(H,16,17). The van der Waals surface area contributed by atoms with Crippen molar-refractivity contribution in [1.29, 1.82) is 5.26 Å². The Labute approximate surface area is 91.5 Å². The third kappa shape index (κ3) is 2.81. The van der Waals surface area contributed by atoms with E-state index >= 15 is 0 Å². The summed E-state index contributed by atoms with van der Waals surface area (Å²) in [7, 11) is 0. The lowest BCUT2D eigenvalue weighted by molar-refractivity contribution is -0.141. The Morgan fingerprint density at radius 1 is 1.41 bits per heavy atom. The van der Waals surface area contributed by atoms with Crippen molar-refractivity contribution in [3.05, 3.63) is 33.2 Å². The number of nitriles is 1. The Morgan fingerprint density at radius 3 is 2.41 bits per heavy atom. The lowest BCUT2D eigenvalue weighted by Crippen LogP contribution is -2.20. The molecule has 17 heavy (non-hydrogen) atoms. The van der Waals surface area contributed by atoms with Gasteiger partial charge in [0.05, 0.1) is 18.2 Å². The van der Waals surface area contributed by atoms with Crippen molar-refractivity contribution in [2.45, 2.75) is 19.0 Å². The van der Waals surface area contributed by atoms with Crippen LogP contribution in [0.25, 0.3) is 0 Å². The van der Waals surface area contributed by atoms with Crippen molar-refractivity contribution in [1.82, 2.24) is 4.98 Å². The fraction of sp³-hybridized carbons (Fsp3) is 0.333. The molecule has 0 amide bonds. The lowest BCUT2D eigenvalue weighted by Gasteiger charge is -2.11. The van der Waals surface area contributed by atoms with Gasteiger partial charge in [-0.3, -0.25) is 4.79 Å². The van der Waals surface area contributed by atoms with Gasteiger partial charge in [0.15, 0.2) is 5.43 Å². The first-order valence-corrected chi connectivity index (χ1v) is 4.25. The van der Waals surface area contributed by atoms with Gasteiger partial charge < -0.3 is 4.98 Å². The van der Waals surface area contributed by atoms with Crippen LogP contribution in [0.3, 0.4) is 0 Å². The summed E-state index contributed by atoms with van der Waals surface area (Å²) < 4.78 is 61.7. The Balaban J connectivity index is 3.48. The highest BCUT2D eigenvalue weighted by atomic mass is 19.4. The number of halogens is 5. The third-order valence-corrected chi connectivity index (χ3v) is 1.95. The summed E-state index contributed by atoms with van der Waals surface area (Å²) >= 11 is 0. The van der Waals surface area contributed by atoms with Gasteiger partial charge in [0.25, 0.3) is 6.43 Å². The van der Waals surface area contributed by atoms with Crippen molar-refractivity contribution in [2.75, 3.05) is 0 Å². The van der Waals surface area contributed by atoms with E-state index in [2.05, 4.69) is 0 Å². The van der Waals surface area contributed by atoms with E-state index in [-0.39, 0.29) is 6.07 Å². The maximum absolute atomic E-state index is 12.5. The number of aromatic amines is 1. The summed E-state index contributed by atoms with van der Waals surface area (Å²) in [5.74, 6) is 0. The molecule has 0 aliphatic carbocycles. The molecule has 1 aromatic rings. The van der Waals surface area contributed by atoms with Crippen LogP contribution in [0.15, 0.2) is 10.9 Å². The second kappa shape index (κ2) is 4.53. The molecule has 0 spiro atoms. The molecule has 1 N–H and O–H groups in total. The molecule has 0 radical (unpaired) electrons. The van der Waals surface area contributed by atoms with Crippen LogP contribution in [0.2, 0.25) is 0 Å². The predicted octanol–water partition coefficient (Wildman–Crippen LogP) is 2.40. The molecule has 92 valence electrons. The van der Waals surface area contributed by atoms with E-state index < -0.39 is 41.4 Å². The maximum atomic E-state index is 12.5. The van der Waals surface area contributed by atoms with Crippen LogP contribution in [0, 0.1) is 11.3 Å². The van der Waals surface area contributed by atoms with E-state index in [1.54, 1.807) is 0 Å². The highest BCUT2D eigenvalue weighted by Gasteiger charge is 2.34. The Bertz CT molecular complexity index is 512. The van der Waals surface area contributed by atoms with Crippen LogP contribution in [-0.4, -0.2) is 4.98 Å². The van der Waals surface area contributed by atoms with Gasteiger partial charge in [-0.1, -0.05) is 0 Å². The predicted molar refractivity (Wildman–Crippen MR) is 46.3 cm³/mol. The quantitative estimate of drug-likeness (QED) is 0.821. The number of nitrogens with one attached hydrogen (secondary N) is 1. The number of hydrogen-bond acceptors (Lipinski definition) is 2. The normalized spacial score (nSPS) is 11.6. The number of nitrogens with zero attached hydrogens (tertiary/aromatic N) is 1. The van der Waals surface area contributed by atoms with Gasteiger partial charge in [0.1, 0.15) is 5.69 Å². The van der Waals surface area contributed by atoms with Crippen LogP contribution in [0.4, 0.5) is 22.0 Å². The zero-order valence-electron chi connectivity index (χ0n) is 8.11. The Hall–Kier alpha value is -1.91. The zero-order chi connectivity index (χ0) is 13.2. The molecule has 3 nitrogen and oxygen atoms in total. The molecular formula is C9H5F5N2O. The molecule has 0 aliphatic heterocycles. The number of H-pyrrole nitrogens is 1. The van der Waals surface area contributed by atoms with Gasteiger partial charge in [0, 0.05) is 11.6 Å². The molecule has 1 heterocycles. The molecular weight excluding hydrogens is 247 g/mol. The topological polar surface area (TPSA) is 56.6 Å². The van der Waals surface area contributed by atoms with Crippen LogP contribution in [0.5, 0.6) is 0 Å². The van der Waals surface area contributed by atoms with E-state index in [1.165, 1.54) is 11.1 Å². The van der Waals surface area contributed by atoms with E-state index in [0.717, 1.165) is 0 Å². The summed E-state index contributed by atoms with van der Waals surface area (Å²) in [6.45, 7) is 0. The summed E-state index contributed by atoms with van der Waals surface area (Å²) in [5, 5.41) is 8.31. The molecule has 0 saturated carbocycles. The van der Waals surface area contributed by atoms with E-state index in [1.807, 2.05) is 0 Å². The van der Waals surface area contributed by atoms with Gasteiger partial charge in [-0.05, 0) is 0 Å². The molecule has 8 heteroatoms. The SMILES string of the molecule is N#CCc1c(C(F)F)[nH]c(C(F)(F)F)cc1=O. The fourth-order valence-corrected chi connectivity index (χ4v) is 1.21. The van der Waals surface area contributed by atoms with E-state index in [0.29, 0.717) is 0 Å². The molecule has 0 aliphatic rings. The highest BCUT2D eigenvalue weighted by molar-refractivity contribution is 5.27. The number of hydrogen-bond donors (Lipinski definition) is 1. The molecule has 0 saturated heterocycles. The van der Waals surface area contributed by atoms with Crippen molar-refractivity contribution >= 4 is 0 Å². The molecule has 0 fully saturated rings. The van der Waals surface area contributed by atoms with Gasteiger partial charge >= 0.3 is 6.18 Å². The van der Waals surface area contributed by atoms with Crippen LogP contribution >= 0.6 is 0 Å². The third-order valence-electron chi connectivity index (χ3n) is 1.95. The monoisotopic (exact) mass is 252 g/mol. The van der Waals surface area contributed by atoms with Crippen molar-refractivity contribution in [3.8, 4) is 6.07 Å². The summed E-state index contributed by atoms with van der Waals surface area (Å²) in [6, 6.07) is 1.61. The van der Waals surface area contributed by atoms with E-state index in [9.17, 15) is 26.7 Å². The minimum Gasteiger partial charge on any atom is -0.350 e. The largest absolute Gasteiger partial charge is 0.431 e. The molecule has 0 aromatic carbocycles. The summed E-state index contributed by atoms with van der Waals surface area (Å²) in [4.78, 5) is 12.6. The number of aromatic nitrogens is 1. The fourth-order valence-electron chi connectivity index (χ4n) is 1.21. The average Bonchev–Trinajstić information content (AvgIpc) is 2.18. The van der Waals surface area contributed by atoms with Gasteiger partial charge in [0.2, 0.25) is 0 Å². The van der Waals surface area contributed by atoms with Crippen LogP contribution in [-0.2, 0) is 12.6 Å². The molecule has 1 aromatic heterocycles. The van der Waals surface area contributed by atoms with Crippen molar-refractivity contribution in [2.24, 2.45) is 0 Å². The van der Waals surface area contributed by atoms with Crippen LogP contribution in [0.1, 0.15) is 23.4 Å². The van der Waals surface area contributed by atoms with Gasteiger partial charge in [-0.25, -0.2) is 8.78 Å². The molecule has 0 bridgehead atoms. The lowest BCUT2D eigenvalue weighted by atomic mass is 10.1. The van der Waals surface area contributed by atoms with Gasteiger partial charge in [-0.2, -0.15) is 18.4 Å². The van der Waals surface area contributed by atoms with Crippen LogP contribution < -0.4 is 5.43 Å². The first-order valence-electron chi connectivity index (χ1n) is 4.25. The zero-order valence-corrected chi connectivity index (χ0v) is 8.11. The summed E-state index contributed by atoms with van der Waals surface area (Å²) in [6.07, 6.45) is -8.88. The highest BCUT2D eigenvalue weighted by Crippen LogP contribution is 2.29. The van der Waals surface area contributed by atoms with Crippen molar-refractivity contribution < 1.29 is 22.0 Å². The van der Waals surface area contributed by atoms with Gasteiger partial charge in [-0.15, -0.1) is 0 Å². The number of rotatable bonds is 2. The minimum atomic E-state index is -4.92. The molecule has 0 atom stereocenters. The molecule has 0 unspecified atom stereocenters. The first kappa shape index (κ1) is 13.2. The van der Waals surface area contributed by atoms with Crippen molar-refractivity contribution in [3.63, 3.8) is 0 Å². The second-order valence-corrected chi connectivity index (χ2v) is 3.07. The second-order valence-electron chi connectivity index (χ2n) is 3.07.